The van der Waals surface area contributed by atoms with E-state index in [0.29, 0.717) is 43.7 Å². The third kappa shape index (κ3) is 9.82. The second-order valence-electron chi connectivity index (χ2n) is 5.62. The molecule has 0 radical (unpaired) electrons. The Bertz CT molecular complexity index is 470. The van der Waals surface area contributed by atoms with Gasteiger partial charge in [0.2, 0.25) is 5.91 Å². The van der Waals surface area contributed by atoms with Crippen LogP contribution >= 0.6 is 0 Å². The van der Waals surface area contributed by atoms with Gasteiger partial charge in [-0.05, 0) is 40.0 Å². The highest BCUT2D eigenvalue weighted by atomic mass is 16.5. The monoisotopic (exact) mass is 339 g/mol. The minimum Gasteiger partial charge on any atom is -0.462 e. The van der Waals surface area contributed by atoms with E-state index >= 15 is 0 Å². The van der Waals surface area contributed by atoms with Crippen molar-refractivity contribution in [1.29, 1.82) is 0 Å². The third-order valence-corrected chi connectivity index (χ3v) is 3.29. The number of carbonyl (C=O) groups excluding carboxylic acids is 3. The minimum atomic E-state index is -0.442. The first-order valence-electron chi connectivity index (χ1n) is 8.22. The number of amides is 1. The molecule has 24 heavy (non-hydrogen) atoms. The molecule has 0 fully saturated rings. The van der Waals surface area contributed by atoms with Crippen LogP contribution in [0.4, 0.5) is 0 Å². The zero-order valence-electron chi connectivity index (χ0n) is 15.1. The normalized spacial score (nSPS) is 9.96. The lowest BCUT2D eigenvalue weighted by Crippen LogP contribution is -2.34. The van der Waals surface area contributed by atoms with Gasteiger partial charge < -0.3 is 14.4 Å². The van der Waals surface area contributed by atoms with E-state index in [4.69, 9.17) is 9.47 Å². The Morgan fingerprint density at radius 3 is 1.92 bits per heavy atom. The SMILES string of the molecule is C=C(C)C(=O)OCCCCCC(=O)N(CC)CCOC(=O)C(=C)C. The van der Waals surface area contributed by atoms with Crippen LogP contribution in [0, 0.1) is 0 Å². The molecular weight excluding hydrogens is 310 g/mol. The molecule has 6 nitrogen and oxygen atoms in total. The van der Waals surface area contributed by atoms with Gasteiger partial charge in [0.05, 0.1) is 13.2 Å². The average Bonchev–Trinajstić information content (AvgIpc) is 2.53. The van der Waals surface area contributed by atoms with Crippen LogP contribution in [-0.2, 0) is 23.9 Å². The highest BCUT2D eigenvalue weighted by molar-refractivity contribution is 5.87. The van der Waals surface area contributed by atoms with Crippen molar-refractivity contribution < 1.29 is 23.9 Å². The van der Waals surface area contributed by atoms with Crippen LogP contribution in [0.2, 0.25) is 0 Å². The lowest BCUT2D eigenvalue weighted by molar-refractivity contribution is -0.141. The molecule has 0 atom stereocenters. The van der Waals surface area contributed by atoms with E-state index in [1.165, 1.54) is 0 Å². The first-order valence-corrected chi connectivity index (χ1v) is 8.22. The zero-order valence-corrected chi connectivity index (χ0v) is 15.1. The van der Waals surface area contributed by atoms with Crippen LogP contribution in [0.5, 0.6) is 0 Å². The van der Waals surface area contributed by atoms with Crippen molar-refractivity contribution >= 4 is 17.8 Å². The van der Waals surface area contributed by atoms with Gasteiger partial charge in [-0.15, -0.1) is 0 Å². The number of likely N-dealkylation sites (N-methyl/N-ethyl adjacent to an activating group) is 1. The summed E-state index contributed by atoms with van der Waals surface area (Å²) in [6.45, 7) is 13.5. The van der Waals surface area contributed by atoms with E-state index in [0.717, 1.165) is 12.8 Å². The lowest BCUT2D eigenvalue weighted by Gasteiger charge is -2.20. The number of ether oxygens (including phenoxy) is 2. The Labute approximate surface area is 144 Å². The second kappa shape index (κ2) is 12.3. The van der Waals surface area contributed by atoms with Gasteiger partial charge in [-0.25, -0.2) is 9.59 Å². The van der Waals surface area contributed by atoms with Crippen molar-refractivity contribution in [3.63, 3.8) is 0 Å². The number of carbonyl (C=O) groups is 3. The quantitative estimate of drug-likeness (QED) is 0.310. The van der Waals surface area contributed by atoms with Gasteiger partial charge in [-0.1, -0.05) is 13.2 Å². The minimum absolute atomic E-state index is 0.0304. The molecule has 0 aliphatic carbocycles. The van der Waals surface area contributed by atoms with Crippen molar-refractivity contribution in [1.82, 2.24) is 4.90 Å². The van der Waals surface area contributed by atoms with Gasteiger partial charge in [0.25, 0.3) is 0 Å². The summed E-state index contributed by atoms with van der Waals surface area (Å²) in [4.78, 5) is 36.2. The Balaban J connectivity index is 3.86. The second-order valence-corrected chi connectivity index (χ2v) is 5.62. The molecule has 136 valence electrons. The lowest BCUT2D eigenvalue weighted by atomic mass is 10.2. The van der Waals surface area contributed by atoms with Crippen molar-refractivity contribution in [2.24, 2.45) is 0 Å². The molecular formula is C18H29NO5. The molecule has 0 aliphatic heterocycles. The summed E-state index contributed by atoms with van der Waals surface area (Å²) in [6, 6.07) is 0. The maximum absolute atomic E-state index is 12.1. The summed E-state index contributed by atoms with van der Waals surface area (Å²) < 4.78 is 9.98. The van der Waals surface area contributed by atoms with E-state index in [1.807, 2.05) is 6.92 Å². The summed E-state index contributed by atoms with van der Waals surface area (Å²) in [7, 11) is 0. The zero-order chi connectivity index (χ0) is 18.5. The fourth-order valence-corrected chi connectivity index (χ4v) is 1.83. The van der Waals surface area contributed by atoms with Crippen molar-refractivity contribution in [3.05, 3.63) is 24.3 Å². The van der Waals surface area contributed by atoms with Crippen LogP contribution in [0.1, 0.15) is 46.5 Å². The van der Waals surface area contributed by atoms with E-state index in [9.17, 15) is 14.4 Å². The molecule has 0 saturated carbocycles. The molecule has 0 rings (SSSR count). The predicted octanol–water partition coefficient (Wildman–Crippen LogP) is 2.63. The van der Waals surface area contributed by atoms with E-state index in [1.54, 1.807) is 18.7 Å². The molecule has 0 heterocycles. The molecule has 1 amide bonds. The molecule has 0 bridgehead atoms. The van der Waals surface area contributed by atoms with E-state index < -0.39 is 5.97 Å². The Morgan fingerprint density at radius 1 is 0.875 bits per heavy atom. The van der Waals surface area contributed by atoms with Crippen LogP contribution in [0.3, 0.4) is 0 Å². The van der Waals surface area contributed by atoms with Crippen LogP contribution < -0.4 is 0 Å². The van der Waals surface area contributed by atoms with Crippen molar-refractivity contribution in [3.8, 4) is 0 Å². The molecule has 0 saturated heterocycles. The number of hydrogen-bond acceptors (Lipinski definition) is 5. The van der Waals surface area contributed by atoms with Crippen molar-refractivity contribution in [2.45, 2.75) is 46.5 Å². The van der Waals surface area contributed by atoms with Gasteiger partial charge in [0, 0.05) is 24.1 Å². The number of nitrogens with zero attached hydrogens (tertiary/aromatic N) is 1. The molecule has 0 spiro atoms. The Hall–Kier alpha value is -2.11. The van der Waals surface area contributed by atoms with E-state index in [-0.39, 0.29) is 18.5 Å². The number of hydrogen-bond donors (Lipinski definition) is 0. The van der Waals surface area contributed by atoms with Gasteiger partial charge in [0.15, 0.2) is 0 Å². The third-order valence-electron chi connectivity index (χ3n) is 3.29. The van der Waals surface area contributed by atoms with Gasteiger partial charge in [-0.3, -0.25) is 4.79 Å². The highest BCUT2D eigenvalue weighted by Crippen LogP contribution is 2.05. The fraction of sp³-hybridized carbons (Fsp3) is 0.611. The molecule has 0 N–H and O–H groups in total. The van der Waals surface area contributed by atoms with E-state index in [2.05, 4.69) is 13.2 Å². The Morgan fingerprint density at radius 2 is 1.42 bits per heavy atom. The van der Waals surface area contributed by atoms with Gasteiger partial charge >= 0.3 is 11.9 Å². The maximum atomic E-state index is 12.1. The first kappa shape index (κ1) is 21.9. The topological polar surface area (TPSA) is 72.9 Å². The summed E-state index contributed by atoms with van der Waals surface area (Å²) in [6.07, 6.45) is 2.67. The standard InChI is InChI=1S/C18H29NO5/c1-6-19(11-13-24-18(22)15(4)5)16(20)10-8-7-9-12-23-17(21)14(2)3/h2,4,6-13H2,1,3,5H3. The van der Waals surface area contributed by atoms with Gasteiger partial charge in [0.1, 0.15) is 6.61 Å². The fourth-order valence-electron chi connectivity index (χ4n) is 1.83. The van der Waals surface area contributed by atoms with Crippen LogP contribution in [-0.4, -0.2) is 49.0 Å². The number of rotatable bonds is 12. The molecule has 0 aromatic rings. The molecule has 6 heteroatoms. The molecule has 0 aliphatic rings. The first-order chi connectivity index (χ1) is 11.3. The maximum Gasteiger partial charge on any atom is 0.333 e. The molecule has 0 aromatic carbocycles. The summed E-state index contributed by atoms with van der Waals surface area (Å²) in [5, 5.41) is 0. The largest absolute Gasteiger partial charge is 0.462 e. The summed E-state index contributed by atoms with van der Waals surface area (Å²) in [5.41, 5.74) is 0.729. The van der Waals surface area contributed by atoms with Crippen molar-refractivity contribution in [2.75, 3.05) is 26.3 Å². The summed E-state index contributed by atoms with van der Waals surface area (Å²) in [5.74, 6) is -0.793. The average molecular weight is 339 g/mol. The smallest absolute Gasteiger partial charge is 0.333 e. The summed E-state index contributed by atoms with van der Waals surface area (Å²) >= 11 is 0. The number of esters is 2. The van der Waals surface area contributed by atoms with Crippen LogP contribution in [0.15, 0.2) is 24.3 Å². The van der Waals surface area contributed by atoms with Crippen LogP contribution in [0.25, 0.3) is 0 Å². The Kier molecular flexibility index (Phi) is 11.2. The molecule has 0 unspecified atom stereocenters. The van der Waals surface area contributed by atoms with Gasteiger partial charge in [-0.2, -0.15) is 0 Å². The number of unbranched alkanes of at least 4 members (excludes halogenated alkanes) is 2. The highest BCUT2D eigenvalue weighted by Gasteiger charge is 2.12. The predicted molar refractivity (Wildman–Crippen MR) is 92.3 cm³/mol. The molecule has 0 aromatic heterocycles.